The maximum atomic E-state index is 11.6. The predicted octanol–water partition coefficient (Wildman–Crippen LogP) is 3.21. The Kier molecular flexibility index (Phi) is 3.53. The van der Waals surface area contributed by atoms with Crippen molar-refractivity contribution in [3.63, 3.8) is 0 Å². The number of hydrogen-bond donors (Lipinski definition) is 0. The molecule has 0 radical (unpaired) electrons. The maximum Gasteiger partial charge on any atom is 0.315 e. The molecule has 0 aliphatic heterocycles. The summed E-state index contributed by atoms with van der Waals surface area (Å²) in [6.07, 6.45) is 0. The Labute approximate surface area is 96.9 Å². The van der Waals surface area contributed by atoms with Crippen LogP contribution in [0.25, 0.3) is 5.57 Å². The maximum absolute atomic E-state index is 11.6. The molecule has 2 nitrogen and oxygen atoms in total. The second-order valence-electron chi connectivity index (χ2n) is 4.46. The summed E-state index contributed by atoms with van der Waals surface area (Å²) in [7, 11) is 1.40. The Bertz CT molecular complexity index is 399. The normalized spacial score (nSPS) is 11.0. The number of ether oxygens (including phenoxy) is 1. The van der Waals surface area contributed by atoms with Gasteiger partial charge >= 0.3 is 5.97 Å². The lowest BCUT2D eigenvalue weighted by Gasteiger charge is -2.24. The van der Waals surface area contributed by atoms with Gasteiger partial charge in [-0.2, -0.15) is 0 Å². The summed E-state index contributed by atoms with van der Waals surface area (Å²) in [5.74, 6) is -0.266. The lowest BCUT2D eigenvalue weighted by Crippen LogP contribution is -2.26. The summed E-state index contributed by atoms with van der Waals surface area (Å²) in [6, 6.07) is 7.96. The monoisotopic (exact) mass is 218 g/mol. The molecule has 16 heavy (non-hydrogen) atoms. The molecular weight excluding hydrogens is 200 g/mol. The minimum atomic E-state index is -0.690. The molecule has 1 aromatic carbocycles. The van der Waals surface area contributed by atoms with Gasteiger partial charge in [-0.25, -0.2) is 0 Å². The standard InChI is InChI=1S/C14H18O2/c1-10-6-8-12(9-7-10)11(2)14(3,4)13(15)16-5/h6-9H,2H2,1,3-5H3. The molecule has 0 spiro atoms. The van der Waals surface area contributed by atoms with E-state index in [1.54, 1.807) is 0 Å². The number of aryl methyl sites for hydroxylation is 1. The second kappa shape index (κ2) is 4.52. The fraction of sp³-hybridized carbons (Fsp3) is 0.357. The predicted molar refractivity (Wildman–Crippen MR) is 66.0 cm³/mol. The van der Waals surface area contributed by atoms with Gasteiger partial charge in [0.25, 0.3) is 0 Å². The first-order valence-corrected chi connectivity index (χ1v) is 5.24. The molecule has 0 saturated carbocycles. The van der Waals surface area contributed by atoms with Crippen LogP contribution in [0.15, 0.2) is 30.8 Å². The number of carbonyl (C=O) groups excluding carboxylic acids is 1. The van der Waals surface area contributed by atoms with Crippen molar-refractivity contribution in [2.45, 2.75) is 20.8 Å². The van der Waals surface area contributed by atoms with E-state index in [4.69, 9.17) is 4.74 Å². The van der Waals surface area contributed by atoms with Crippen molar-refractivity contribution in [2.24, 2.45) is 5.41 Å². The fourth-order valence-electron chi connectivity index (χ4n) is 1.49. The van der Waals surface area contributed by atoms with E-state index in [1.165, 1.54) is 12.7 Å². The van der Waals surface area contributed by atoms with Crippen molar-refractivity contribution < 1.29 is 9.53 Å². The van der Waals surface area contributed by atoms with E-state index in [0.717, 1.165) is 11.1 Å². The summed E-state index contributed by atoms with van der Waals surface area (Å²) in [6.45, 7) is 9.66. The van der Waals surface area contributed by atoms with Gasteiger partial charge in [0.15, 0.2) is 0 Å². The molecule has 0 fully saturated rings. The van der Waals surface area contributed by atoms with Gasteiger partial charge < -0.3 is 4.74 Å². The highest BCUT2D eigenvalue weighted by molar-refractivity contribution is 5.91. The molecule has 86 valence electrons. The zero-order chi connectivity index (χ0) is 12.3. The van der Waals surface area contributed by atoms with E-state index in [2.05, 4.69) is 6.58 Å². The Morgan fingerprint density at radius 3 is 2.19 bits per heavy atom. The molecule has 0 amide bonds. The van der Waals surface area contributed by atoms with Crippen molar-refractivity contribution in [1.29, 1.82) is 0 Å². The Balaban J connectivity index is 3.02. The molecule has 0 unspecified atom stereocenters. The van der Waals surface area contributed by atoms with E-state index >= 15 is 0 Å². The molecular formula is C14H18O2. The Hall–Kier alpha value is -1.57. The lowest BCUT2D eigenvalue weighted by molar-refractivity contribution is -0.147. The van der Waals surface area contributed by atoms with Crippen molar-refractivity contribution in [3.05, 3.63) is 42.0 Å². The van der Waals surface area contributed by atoms with Gasteiger partial charge in [-0.05, 0) is 31.9 Å². The van der Waals surface area contributed by atoms with Crippen LogP contribution in [-0.4, -0.2) is 13.1 Å². The molecule has 0 aliphatic carbocycles. The van der Waals surface area contributed by atoms with Crippen LogP contribution in [0, 0.1) is 12.3 Å². The molecule has 0 aromatic heterocycles. The van der Waals surface area contributed by atoms with E-state index in [9.17, 15) is 4.79 Å². The quantitative estimate of drug-likeness (QED) is 0.728. The number of esters is 1. The second-order valence-corrected chi connectivity index (χ2v) is 4.46. The first-order valence-electron chi connectivity index (χ1n) is 5.24. The number of carbonyl (C=O) groups is 1. The average Bonchev–Trinajstić information content (AvgIpc) is 2.28. The summed E-state index contributed by atoms with van der Waals surface area (Å²) < 4.78 is 4.78. The number of hydrogen-bond acceptors (Lipinski definition) is 2. The zero-order valence-corrected chi connectivity index (χ0v) is 10.3. The highest BCUT2D eigenvalue weighted by atomic mass is 16.5. The van der Waals surface area contributed by atoms with Gasteiger partial charge in [-0.15, -0.1) is 0 Å². The van der Waals surface area contributed by atoms with Crippen LogP contribution in [0.2, 0.25) is 0 Å². The van der Waals surface area contributed by atoms with Gasteiger partial charge in [0, 0.05) is 0 Å². The first kappa shape index (κ1) is 12.5. The van der Waals surface area contributed by atoms with Crippen molar-refractivity contribution >= 4 is 11.5 Å². The highest BCUT2D eigenvalue weighted by Crippen LogP contribution is 2.34. The third-order valence-electron chi connectivity index (χ3n) is 2.85. The topological polar surface area (TPSA) is 26.3 Å². The average molecular weight is 218 g/mol. The Morgan fingerprint density at radius 2 is 1.75 bits per heavy atom. The van der Waals surface area contributed by atoms with Crippen LogP contribution < -0.4 is 0 Å². The minimum Gasteiger partial charge on any atom is -0.468 e. The van der Waals surface area contributed by atoms with E-state index in [0.29, 0.717) is 0 Å². The van der Waals surface area contributed by atoms with Gasteiger partial charge in [-0.3, -0.25) is 4.79 Å². The van der Waals surface area contributed by atoms with Gasteiger partial charge in [0.05, 0.1) is 12.5 Å². The number of benzene rings is 1. The van der Waals surface area contributed by atoms with E-state index in [-0.39, 0.29) is 5.97 Å². The van der Waals surface area contributed by atoms with Gasteiger partial charge in [0.2, 0.25) is 0 Å². The molecule has 1 rings (SSSR count). The minimum absolute atomic E-state index is 0.266. The molecule has 1 aromatic rings. The first-order chi connectivity index (χ1) is 7.39. The summed E-state index contributed by atoms with van der Waals surface area (Å²) in [4.78, 5) is 11.6. The summed E-state index contributed by atoms with van der Waals surface area (Å²) in [5, 5.41) is 0. The summed E-state index contributed by atoms with van der Waals surface area (Å²) in [5.41, 5.74) is 2.25. The Morgan fingerprint density at radius 1 is 1.25 bits per heavy atom. The number of rotatable bonds is 3. The fourth-order valence-corrected chi connectivity index (χ4v) is 1.49. The molecule has 2 heteroatoms. The van der Waals surface area contributed by atoms with Crippen LogP contribution in [0.5, 0.6) is 0 Å². The summed E-state index contributed by atoms with van der Waals surface area (Å²) >= 11 is 0. The van der Waals surface area contributed by atoms with Crippen LogP contribution >= 0.6 is 0 Å². The van der Waals surface area contributed by atoms with Crippen LogP contribution in [0.1, 0.15) is 25.0 Å². The number of methoxy groups -OCH3 is 1. The van der Waals surface area contributed by atoms with E-state index in [1.807, 2.05) is 45.0 Å². The molecule has 0 heterocycles. The van der Waals surface area contributed by atoms with Crippen LogP contribution in [0.4, 0.5) is 0 Å². The lowest BCUT2D eigenvalue weighted by atomic mass is 9.81. The van der Waals surface area contributed by atoms with Gasteiger partial charge in [-0.1, -0.05) is 36.4 Å². The van der Waals surface area contributed by atoms with E-state index < -0.39 is 5.41 Å². The third kappa shape index (κ3) is 2.32. The molecule has 0 aliphatic rings. The highest BCUT2D eigenvalue weighted by Gasteiger charge is 2.32. The van der Waals surface area contributed by atoms with Gasteiger partial charge in [0.1, 0.15) is 0 Å². The van der Waals surface area contributed by atoms with Crippen molar-refractivity contribution in [1.82, 2.24) is 0 Å². The largest absolute Gasteiger partial charge is 0.468 e. The van der Waals surface area contributed by atoms with Crippen LogP contribution in [-0.2, 0) is 9.53 Å². The molecule has 0 saturated heterocycles. The van der Waals surface area contributed by atoms with Crippen LogP contribution in [0.3, 0.4) is 0 Å². The SMILES string of the molecule is C=C(c1ccc(C)cc1)C(C)(C)C(=O)OC. The molecule has 0 N–H and O–H groups in total. The zero-order valence-electron chi connectivity index (χ0n) is 10.3. The van der Waals surface area contributed by atoms with Crippen molar-refractivity contribution in [3.8, 4) is 0 Å². The molecule has 0 atom stereocenters. The third-order valence-corrected chi connectivity index (χ3v) is 2.85. The van der Waals surface area contributed by atoms with Crippen molar-refractivity contribution in [2.75, 3.05) is 7.11 Å². The molecule has 0 bridgehead atoms. The smallest absolute Gasteiger partial charge is 0.315 e.